The van der Waals surface area contributed by atoms with Gasteiger partial charge in [-0.2, -0.15) is 10.3 Å². The number of nitrogens with two attached hydrogens (primary N) is 1. The second-order valence-electron chi connectivity index (χ2n) is 7.47. The number of halogens is 1. The van der Waals surface area contributed by atoms with Gasteiger partial charge in [-0.05, 0) is 42.0 Å². The first-order valence-corrected chi connectivity index (χ1v) is 10.6. The van der Waals surface area contributed by atoms with Crippen molar-refractivity contribution >= 4 is 29.1 Å². The van der Waals surface area contributed by atoms with E-state index in [-0.39, 0.29) is 24.1 Å². The third-order valence-electron chi connectivity index (χ3n) is 4.93. The lowest BCUT2D eigenvalue weighted by Crippen LogP contribution is -2.22. The number of nitrogens with one attached hydrogen (secondary N) is 2. The van der Waals surface area contributed by atoms with Crippen LogP contribution in [0, 0.1) is 17.1 Å². The van der Waals surface area contributed by atoms with E-state index in [1.165, 1.54) is 18.3 Å². The number of hydrogen-bond donors (Lipinski definition) is 3. The van der Waals surface area contributed by atoms with Crippen LogP contribution in [-0.2, 0) is 11.2 Å². The number of nitriles is 1. The predicted octanol–water partition coefficient (Wildman–Crippen LogP) is 4.39. The van der Waals surface area contributed by atoms with Crippen LogP contribution in [0.5, 0.6) is 0 Å². The van der Waals surface area contributed by atoms with Gasteiger partial charge in [0.25, 0.3) is 0 Å². The SMILES string of the molecule is N#Cc1ccccc1NC(N)=Nc1cnc(-c2ccc(NC(=O)Cc3ccc(F)cc3)cc2)cn1. The number of carbonyl (C=O) groups is 1. The Morgan fingerprint density at radius 2 is 1.71 bits per heavy atom. The number of benzene rings is 3. The van der Waals surface area contributed by atoms with Gasteiger partial charge in [0.2, 0.25) is 5.91 Å². The van der Waals surface area contributed by atoms with Gasteiger partial charge in [-0.3, -0.25) is 9.78 Å². The highest BCUT2D eigenvalue weighted by Gasteiger charge is 2.07. The van der Waals surface area contributed by atoms with E-state index >= 15 is 0 Å². The first-order chi connectivity index (χ1) is 17.0. The smallest absolute Gasteiger partial charge is 0.228 e. The Bertz CT molecular complexity index is 1390. The Balaban J connectivity index is 1.37. The van der Waals surface area contributed by atoms with Gasteiger partial charge in [0.05, 0.1) is 35.8 Å². The minimum Gasteiger partial charge on any atom is -0.369 e. The third kappa shape index (κ3) is 6.24. The molecular weight excluding hydrogens is 445 g/mol. The molecule has 1 heterocycles. The molecule has 0 aliphatic heterocycles. The Morgan fingerprint density at radius 1 is 0.971 bits per heavy atom. The second kappa shape index (κ2) is 10.7. The third-order valence-corrected chi connectivity index (χ3v) is 4.93. The van der Waals surface area contributed by atoms with Crippen LogP contribution in [0.4, 0.5) is 21.6 Å². The Hall–Kier alpha value is -5.10. The van der Waals surface area contributed by atoms with E-state index in [0.717, 1.165) is 11.1 Å². The number of guanidine groups is 1. The number of para-hydroxylation sites is 1. The standard InChI is InChI=1S/C26H20FN7O/c27-20-9-5-17(6-10-20)13-25(35)32-21-11-7-18(8-12-21)23-15-31-24(16-30-23)34-26(29)33-22-4-2-1-3-19(22)14-28/h1-12,15-16H,13H2,(H,32,35)(H3,29,31,33,34). The average molecular weight is 465 g/mol. The summed E-state index contributed by atoms with van der Waals surface area (Å²) in [5, 5.41) is 14.9. The zero-order valence-corrected chi connectivity index (χ0v) is 18.4. The summed E-state index contributed by atoms with van der Waals surface area (Å²) in [5.41, 5.74) is 9.71. The summed E-state index contributed by atoms with van der Waals surface area (Å²) >= 11 is 0. The number of aromatic nitrogens is 2. The maximum Gasteiger partial charge on any atom is 0.228 e. The normalized spacial score (nSPS) is 10.9. The monoisotopic (exact) mass is 465 g/mol. The molecule has 4 rings (SSSR count). The van der Waals surface area contributed by atoms with Gasteiger partial charge in [0, 0.05) is 11.3 Å². The van der Waals surface area contributed by atoms with Gasteiger partial charge in [0.1, 0.15) is 11.9 Å². The van der Waals surface area contributed by atoms with Crippen molar-refractivity contribution in [3.63, 3.8) is 0 Å². The zero-order valence-electron chi connectivity index (χ0n) is 18.4. The topological polar surface area (TPSA) is 129 Å². The zero-order chi connectivity index (χ0) is 24.6. The van der Waals surface area contributed by atoms with Gasteiger partial charge in [0.15, 0.2) is 11.8 Å². The molecule has 0 radical (unpaired) electrons. The Labute approximate surface area is 201 Å². The number of nitrogens with zero attached hydrogens (tertiary/aromatic N) is 4. The second-order valence-corrected chi connectivity index (χ2v) is 7.47. The molecule has 172 valence electrons. The molecular formula is C26H20FN7O. The lowest BCUT2D eigenvalue weighted by atomic mass is 10.1. The van der Waals surface area contributed by atoms with E-state index in [0.29, 0.717) is 28.5 Å². The first kappa shape index (κ1) is 23.1. The fourth-order valence-corrected chi connectivity index (χ4v) is 3.22. The highest BCUT2D eigenvalue weighted by Crippen LogP contribution is 2.21. The van der Waals surface area contributed by atoms with Gasteiger partial charge in [-0.25, -0.2) is 9.37 Å². The highest BCUT2D eigenvalue weighted by molar-refractivity contribution is 5.95. The van der Waals surface area contributed by atoms with Gasteiger partial charge < -0.3 is 16.4 Å². The molecule has 0 aliphatic rings. The number of hydrogen-bond acceptors (Lipinski definition) is 5. The Morgan fingerprint density at radius 3 is 2.40 bits per heavy atom. The number of rotatable bonds is 6. The lowest BCUT2D eigenvalue weighted by molar-refractivity contribution is -0.115. The fraction of sp³-hybridized carbons (Fsp3) is 0.0385. The lowest BCUT2D eigenvalue weighted by Gasteiger charge is -2.08. The van der Waals surface area contributed by atoms with E-state index in [2.05, 4.69) is 31.7 Å². The van der Waals surface area contributed by atoms with Crippen molar-refractivity contribution in [2.45, 2.75) is 6.42 Å². The number of aliphatic imine (C=N–C) groups is 1. The number of anilines is 2. The molecule has 0 fully saturated rings. The minimum atomic E-state index is -0.339. The van der Waals surface area contributed by atoms with Crippen molar-refractivity contribution in [2.75, 3.05) is 10.6 Å². The van der Waals surface area contributed by atoms with E-state index < -0.39 is 0 Å². The molecule has 0 saturated carbocycles. The maximum absolute atomic E-state index is 13.0. The fourth-order valence-electron chi connectivity index (χ4n) is 3.22. The van der Waals surface area contributed by atoms with Crippen molar-refractivity contribution in [1.29, 1.82) is 5.26 Å². The van der Waals surface area contributed by atoms with E-state index in [1.54, 1.807) is 54.7 Å². The molecule has 0 bridgehead atoms. The summed E-state index contributed by atoms with van der Waals surface area (Å²) < 4.78 is 13.0. The van der Waals surface area contributed by atoms with Crippen molar-refractivity contribution in [2.24, 2.45) is 10.7 Å². The minimum absolute atomic E-state index is 0.0791. The molecule has 8 nitrogen and oxygen atoms in total. The Kier molecular flexibility index (Phi) is 7.04. The van der Waals surface area contributed by atoms with Crippen molar-refractivity contribution in [1.82, 2.24) is 9.97 Å². The maximum atomic E-state index is 13.0. The van der Waals surface area contributed by atoms with Crippen LogP contribution in [0.3, 0.4) is 0 Å². The molecule has 35 heavy (non-hydrogen) atoms. The van der Waals surface area contributed by atoms with E-state index in [9.17, 15) is 9.18 Å². The summed E-state index contributed by atoms with van der Waals surface area (Å²) in [6.45, 7) is 0. The van der Waals surface area contributed by atoms with Crippen molar-refractivity contribution in [3.8, 4) is 17.3 Å². The summed E-state index contributed by atoms with van der Waals surface area (Å²) in [7, 11) is 0. The van der Waals surface area contributed by atoms with Crippen LogP contribution < -0.4 is 16.4 Å². The molecule has 0 unspecified atom stereocenters. The van der Waals surface area contributed by atoms with E-state index in [1.807, 2.05) is 12.1 Å². The molecule has 9 heteroatoms. The van der Waals surface area contributed by atoms with Crippen LogP contribution in [0.2, 0.25) is 0 Å². The number of amides is 1. The first-order valence-electron chi connectivity index (χ1n) is 10.6. The van der Waals surface area contributed by atoms with Crippen LogP contribution >= 0.6 is 0 Å². The van der Waals surface area contributed by atoms with E-state index in [4.69, 9.17) is 11.0 Å². The van der Waals surface area contributed by atoms with Crippen LogP contribution in [0.25, 0.3) is 11.3 Å². The molecule has 3 aromatic carbocycles. The quantitative estimate of drug-likeness (QED) is 0.286. The summed E-state index contributed by atoms with van der Waals surface area (Å²) in [6.07, 6.45) is 3.20. The summed E-state index contributed by atoms with van der Waals surface area (Å²) in [6, 6.07) is 22.0. The van der Waals surface area contributed by atoms with Crippen LogP contribution in [0.1, 0.15) is 11.1 Å². The predicted molar refractivity (Wildman–Crippen MR) is 132 cm³/mol. The molecule has 1 aromatic heterocycles. The van der Waals surface area contributed by atoms with Crippen LogP contribution in [-0.4, -0.2) is 21.8 Å². The molecule has 4 N–H and O–H groups in total. The summed E-state index contributed by atoms with van der Waals surface area (Å²) in [5.74, 6) is -0.155. The number of carbonyl (C=O) groups excluding carboxylic acids is 1. The van der Waals surface area contributed by atoms with Gasteiger partial charge in [-0.1, -0.05) is 36.4 Å². The molecule has 0 saturated heterocycles. The van der Waals surface area contributed by atoms with Gasteiger partial charge in [-0.15, -0.1) is 0 Å². The molecule has 0 atom stereocenters. The van der Waals surface area contributed by atoms with Crippen LogP contribution in [0.15, 0.2) is 90.2 Å². The van der Waals surface area contributed by atoms with Crippen molar-refractivity contribution < 1.29 is 9.18 Å². The molecule has 0 aliphatic carbocycles. The highest BCUT2D eigenvalue weighted by atomic mass is 19.1. The van der Waals surface area contributed by atoms with Gasteiger partial charge >= 0.3 is 0 Å². The average Bonchev–Trinajstić information content (AvgIpc) is 2.87. The molecule has 4 aromatic rings. The van der Waals surface area contributed by atoms with Crippen molar-refractivity contribution in [3.05, 3.63) is 102 Å². The largest absolute Gasteiger partial charge is 0.369 e. The molecule has 1 amide bonds. The summed E-state index contributed by atoms with van der Waals surface area (Å²) in [4.78, 5) is 25.1. The molecule has 0 spiro atoms.